The summed E-state index contributed by atoms with van der Waals surface area (Å²) in [6.45, 7) is 3.90. The Hall–Kier alpha value is -3.49. The maximum absolute atomic E-state index is 14.9. The van der Waals surface area contributed by atoms with E-state index in [0.29, 0.717) is 16.3 Å². The molecule has 1 spiro atoms. The van der Waals surface area contributed by atoms with Crippen molar-refractivity contribution in [1.82, 2.24) is 5.06 Å². The molecule has 1 saturated heterocycles. The largest absolute Gasteiger partial charge is 0.291 e. The summed E-state index contributed by atoms with van der Waals surface area (Å²) in [5.41, 5.74) is 3.35. The molecule has 6 rings (SSSR count). The number of hydroxylamine groups is 2. The van der Waals surface area contributed by atoms with Crippen LogP contribution < -0.4 is 4.31 Å². The first-order valence-corrected chi connectivity index (χ1v) is 14.9. The highest BCUT2D eigenvalue weighted by Crippen LogP contribution is 2.59. The standard InChI is InChI=1S/C32H29ClN2O4S/c1-21-9-13-23(14-10-21)29-20-32(30(34(3)39-29)24-7-5-4-6-8-24)27-19-25(33)15-18-28(27)35(31(32)36)40(37,38)26-16-11-22(2)12-17-26/h4-19,29-30H,20H2,1-3H3/t29-,30+,32+/m1/s1. The van der Waals surface area contributed by atoms with Gasteiger partial charge in [-0.2, -0.15) is 5.06 Å². The second-order valence-electron chi connectivity index (χ2n) is 10.6. The fourth-order valence-corrected chi connectivity index (χ4v) is 7.73. The summed E-state index contributed by atoms with van der Waals surface area (Å²) in [6.07, 6.45) is -0.269. The van der Waals surface area contributed by atoms with Crippen molar-refractivity contribution >= 4 is 33.2 Å². The Balaban J connectivity index is 1.60. The summed E-state index contributed by atoms with van der Waals surface area (Å²) >= 11 is 6.55. The number of hydrogen-bond acceptors (Lipinski definition) is 5. The number of fused-ring (bicyclic) bond motifs is 2. The summed E-state index contributed by atoms with van der Waals surface area (Å²) in [7, 11) is -2.44. The molecule has 0 unspecified atom stereocenters. The highest BCUT2D eigenvalue weighted by molar-refractivity contribution is 7.93. The number of hydrogen-bond donors (Lipinski definition) is 0. The average Bonchev–Trinajstić information content (AvgIpc) is 3.17. The number of carbonyl (C=O) groups excluding carboxylic acids is 1. The summed E-state index contributed by atoms with van der Waals surface area (Å²) in [5, 5.41) is 2.13. The maximum atomic E-state index is 14.9. The first kappa shape index (κ1) is 26.7. The molecule has 2 aliphatic rings. The Kier molecular flexibility index (Phi) is 6.58. The van der Waals surface area contributed by atoms with Gasteiger partial charge in [0.2, 0.25) is 0 Å². The molecule has 2 heterocycles. The molecule has 4 aromatic rings. The first-order chi connectivity index (χ1) is 19.1. The van der Waals surface area contributed by atoms with Crippen molar-refractivity contribution in [2.24, 2.45) is 0 Å². The fourth-order valence-electron chi connectivity index (χ4n) is 6.07. The lowest BCUT2D eigenvalue weighted by Gasteiger charge is -2.48. The van der Waals surface area contributed by atoms with Gasteiger partial charge in [-0.3, -0.25) is 9.63 Å². The highest BCUT2D eigenvalue weighted by Gasteiger charge is 2.63. The van der Waals surface area contributed by atoms with Gasteiger partial charge in [0.15, 0.2) is 0 Å². The molecule has 6 nitrogen and oxygen atoms in total. The molecular formula is C32H29ClN2O4S. The van der Waals surface area contributed by atoms with E-state index in [4.69, 9.17) is 16.4 Å². The number of halogens is 1. The van der Waals surface area contributed by atoms with Gasteiger partial charge in [-0.25, -0.2) is 12.7 Å². The van der Waals surface area contributed by atoms with Crippen LogP contribution in [0.4, 0.5) is 5.69 Å². The molecule has 40 heavy (non-hydrogen) atoms. The number of rotatable bonds is 4. The van der Waals surface area contributed by atoms with E-state index in [1.54, 1.807) is 54.6 Å². The van der Waals surface area contributed by atoms with Crippen LogP contribution in [0.15, 0.2) is 102 Å². The van der Waals surface area contributed by atoms with Crippen molar-refractivity contribution in [3.05, 3.63) is 130 Å². The van der Waals surface area contributed by atoms with Crippen LogP contribution in [0, 0.1) is 13.8 Å². The van der Waals surface area contributed by atoms with Crippen molar-refractivity contribution in [2.45, 2.75) is 42.7 Å². The van der Waals surface area contributed by atoms with Gasteiger partial charge in [0, 0.05) is 18.5 Å². The quantitative estimate of drug-likeness (QED) is 0.273. The summed E-state index contributed by atoms with van der Waals surface area (Å²) in [5.74, 6) is -0.522. The molecule has 0 N–H and O–H groups in total. The van der Waals surface area contributed by atoms with Crippen molar-refractivity contribution < 1.29 is 18.0 Å². The molecule has 0 aliphatic carbocycles. The number of sulfonamides is 1. The van der Waals surface area contributed by atoms with Crippen molar-refractivity contribution in [2.75, 3.05) is 11.4 Å². The number of anilines is 1. The average molecular weight is 573 g/mol. The minimum atomic E-state index is -4.24. The lowest BCUT2D eigenvalue weighted by molar-refractivity contribution is -0.258. The Morgan fingerprint density at radius 3 is 2.12 bits per heavy atom. The molecule has 8 heteroatoms. The predicted molar refractivity (Wildman–Crippen MR) is 156 cm³/mol. The summed E-state index contributed by atoms with van der Waals surface area (Å²) in [6, 6.07) is 28.5. The minimum absolute atomic E-state index is 0.0520. The van der Waals surface area contributed by atoms with E-state index in [-0.39, 0.29) is 11.3 Å². The maximum Gasteiger partial charge on any atom is 0.270 e. The van der Waals surface area contributed by atoms with Gasteiger partial charge in [-0.05, 0) is 60.9 Å². The first-order valence-electron chi connectivity index (χ1n) is 13.1. The molecule has 0 radical (unpaired) electrons. The van der Waals surface area contributed by atoms with Gasteiger partial charge in [0.25, 0.3) is 15.9 Å². The van der Waals surface area contributed by atoms with Gasteiger partial charge in [0.05, 0.1) is 16.6 Å². The van der Waals surface area contributed by atoms with E-state index in [1.807, 2.05) is 68.4 Å². The zero-order chi connectivity index (χ0) is 28.2. The Morgan fingerprint density at radius 2 is 1.48 bits per heavy atom. The molecule has 0 bridgehead atoms. The third kappa shape index (κ3) is 4.16. The number of aryl methyl sites for hydroxylation is 2. The van der Waals surface area contributed by atoms with E-state index in [1.165, 1.54) is 0 Å². The van der Waals surface area contributed by atoms with Crippen LogP contribution >= 0.6 is 11.6 Å². The number of benzene rings is 4. The van der Waals surface area contributed by atoms with Crippen LogP contribution in [0.25, 0.3) is 0 Å². The molecule has 1 amide bonds. The predicted octanol–water partition coefficient (Wildman–Crippen LogP) is 6.68. The van der Waals surface area contributed by atoms with E-state index in [0.717, 1.165) is 26.6 Å². The van der Waals surface area contributed by atoms with Crippen molar-refractivity contribution in [1.29, 1.82) is 0 Å². The van der Waals surface area contributed by atoms with Crippen molar-refractivity contribution in [3.8, 4) is 0 Å². The highest BCUT2D eigenvalue weighted by atomic mass is 35.5. The van der Waals surface area contributed by atoms with Gasteiger partial charge in [0.1, 0.15) is 11.5 Å². The molecular weight excluding hydrogens is 544 g/mol. The topological polar surface area (TPSA) is 66.9 Å². The molecule has 204 valence electrons. The lowest BCUT2D eigenvalue weighted by Crippen LogP contribution is -2.55. The third-order valence-corrected chi connectivity index (χ3v) is 9.93. The summed E-state index contributed by atoms with van der Waals surface area (Å²) < 4.78 is 29.3. The smallest absolute Gasteiger partial charge is 0.270 e. The van der Waals surface area contributed by atoms with Gasteiger partial charge >= 0.3 is 0 Å². The normalized spacial score (nSPS) is 23.0. The lowest BCUT2D eigenvalue weighted by atomic mass is 9.67. The molecule has 1 fully saturated rings. The second-order valence-corrected chi connectivity index (χ2v) is 12.8. The SMILES string of the molecule is Cc1ccc([C@H]2C[C@@]3(C(=O)N(S(=O)(=O)c4ccc(C)cc4)c4ccc(Cl)cc43)[C@H](c3ccccc3)N(C)O2)cc1. The zero-order valence-electron chi connectivity index (χ0n) is 22.4. The molecule has 3 atom stereocenters. The summed E-state index contributed by atoms with van der Waals surface area (Å²) in [4.78, 5) is 21.4. The molecule has 0 saturated carbocycles. The van der Waals surface area contributed by atoms with Crippen LogP contribution in [0.3, 0.4) is 0 Å². The van der Waals surface area contributed by atoms with E-state index in [2.05, 4.69) is 0 Å². The number of nitrogens with zero attached hydrogens (tertiary/aromatic N) is 2. The van der Waals surface area contributed by atoms with Gasteiger partial charge in [-0.1, -0.05) is 89.5 Å². The third-order valence-electron chi connectivity index (χ3n) is 7.98. The molecule has 4 aromatic carbocycles. The monoisotopic (exact) mass is 572 g/mol. The number of likely N-dealkylation sites (N-methyl/N-ethyl adjacent to an activating group) is 1. The van der Waals surface area contributed by atoms with E-state index >= 15 is 0 Å². The number of carbonyl (C=O) groups is 1. The minimum Gasteiger partial charge on any atom is -0.291 e. The van der Waals surface area contributed by atoms with Gasteiger partial charge in [-0.15, -0.1) is 0 Å². The molecule has 2 aliphatic heterocycles. The Labute approximate surface area is 239 Å². The Bertz CT molecular complexity index is 1690. The van der Waals surface area contributed by atoms with Crippen LogP contribution in [-0.2, 0) is 25.1 Å². The van der Waals surface area contributed by atoms with E-state index < -0.39 is 33.5 Å². The molecule has 0 aromatic heterocycles. The Morgan fingerprint density at radius 1 is 0.850 bits per heavy atom. The van der Waals surface area contributed by atoms with Gasteiger partial charge < -0.3 is 0 Å². The van der Waals surface area contributed by atoms with Crippen LogP contribution in [0.5, 0.6) is 0 Å². The second kappa shape index (κ2) is 9.85. The fraction of sp³-hybridized carbons (Fsp3) is 0.219. The van der Waals surface area contributed by atoms with Crippen LogP contribution in [0.2, 0.25) is 5.02 Å². The number of amides is 1. The zero-order valence-corrected chi connectivity index (χ0v) is 24.0. The van der Waals surface area contributed by atoms with Crippen LogP contribution in [0.1, 0.15) is 46.4 Å². The van der Waals surface area contributed by atoms with E-state index in [9.17, 15) is 13.2 Å². The van der Waals surface area contributed by atoms with Crippen molar-refractivity contribution in [3.63, 3.8) is 0 Å². The van der Waals surface area contributed by atoms with Crippen LogP contribution in [-0.4, -0.2) is 26.4 Å².